The number of benzene rings is 1. The van der Waals surface area contributed by atoms with E-state index in [1.807, 2.05) is 26.0 Å². The maximum Gasteiger partial charge on any atom is 0.302 e. The molecule has 92 valence electrons. The van der Waals surface area contributed by atoms with Crippen molar-refractivity contribution in [2.75, 3.05) is 0 Å². The molecule has 0 aromatic heterocycles. The van der Waals surface area contributed by atoms with Gasteiger partial charge in [0.2, 0.25) is 0 Å². The van der Waals surface area contributed by atoms with Crippen LogP contribution < -0.4 is 4.74 Å². The molecule has 0 aliphatic rings. The van der Waals surface area contributed by atoms with Crippen LogP contribution in [0.15, 0.2) is 24.7 Å². The molecule has 0 unspecified atom stereocenters. The minimum atomic E-state index is -0.344. The number of hydrogen-bond acceptors (Lipinski definition) is 4. The first-order chi connectivity index (χ1) is 7.90. The number of esters is 1. The van der Waals surface area contributed by atoms with Crippen LogP contribution in [0, 0.1) is 13.8 Å². The van der Waals surface area contributed by atoms with Crippen LogP contribution in [0.2, 0.25) is 0 Å². The summed E-state index contributed by atoms with van der Waals surface area (Å²) < 4.78 is 10.0. The second-order valence-corrected chi connectivity index (χ2v) is 3.83. The van der Waals surface area contributed by atoms with Crippen LogP contribution in [0.4, 0.5) is 0 Å². The van der Waals surface area contributed by atoms with Crippen LogP contribution in [0.3, 0.4) is 0 Å². The summed E-state index contributed by atoms with van der Waals surface area (Å²) in [4.78, 5) is 10.7. The van der Waals surface area contributed by atoms with Crippen LogP contribution in [-0.4, -0.2) is 11.1 Å². The number of aliphatic hydroxyl groups is 1. The summed E-state index contributed by atoms with van der Waals surface area (Å²) in [5, 5.41) is 9.01. The monoisotopic (exact) mass is 236 g/mol. The molecule has 4 nitrogen and oxygen atoms in total. The van der Waals surface area contributed by atoms with Crippen molar-refractivity contribution >= 4 is 5.97 Å². The van der Waals surface area contributed by atoms with Gasteiger partial charge in [-0.3, -0.25) is 4.79 Å². The lowest BCUT2D eigenvalue weighted by Crippen LogP contribution is -2.02. The summed E-state index contributed by atoms with van der Waals surface area (Å²) in [5.41, 5.74) is 2.58. The fraction of sp³-hybridized carbons (Fsp3) is 0.308. The minimum absolute atomic E-state index is 0.233. The molecule has 17 heavy (non-hydrogen) atoms. The summed E-state index contributed by atoms with van der Waals surface area (Å²) in [6.45, 7) is 8.58. The van der Waals surface area contributed by atoms with E-state index >= 15 is 0 Å². The van der Waals surface area contributed by atoms with E-state index in [9.17, 15) is 4.79 Å². The summed E-state index contributed by atoms with van der Waals surface area (Å²) in [6.07, 6.45) is 0. The fourth-order valence-electron chi connectivity index (χ4n) is 1.59. The average Bonchev–Trinajstić information content (AvgIpc) is 2.20. The number of rotatable bonds is 4. The molecule has 1 aromatic carbocycles. The van der Waals surface area contributed by atoms with E-state index in [0.717, 1.165) is 16.7 Å². The Morgan fingerprint density at radius 2 is 1.88 bits per heavy atom. The maximum absolute atomic E-state index is 10.7. The molecule has 0 saturated heterocycles. The molecule has 1 rings (SSSR count). The van der Waals surface area contributed by atoms with Gasteiger partial charge in [-0.25, -0.2) is 0 Å². The Morgan fingerprint density at radius 1 is 1.35 bits per heavy atom. The van der Waals surface area contributed by atoms with Crippen molar-refractivity contribution < 1.29 is 19.4 Å². The van der Waals surface area contributed by atoms with Crippen LogP contribution in [0.1, 0.15) is 23.6 Å². The highest BCUT2D eigenvalue weighted by atomic mass is 16.6. The van der Waals surface area contributed by atoms with Crippen LogP contribution in [0.5, 0.6) is 5.75 Å². The third-order valence-corrected chi connectivity index (χ3v) is 2.18. The van der Waals surface area contributed by atoms with Gasteiger partial charge in [-0.1, -0.05) is 0 Å². The lowest BCUT2D eigenvalue weighted by Gasteiger charge is -2.12. The Bertz CT molecular complexity index is 426. The second kappa shape index (κ2) is 5.39. The van der Waals surface area contributed by atoms with Crippen molar-refractivity contribution in [3.63, 3.8) is 0 Å². The van der Waals surface area contributed by atoms with E-state index in [4.69, 9.17) is 14.6 Å². The zero-order chi connectivity index (χ0) is 13.0. The Kier molecular flexibility index (Phi) is 4.15. The average molecular weight is 236 g/mol. The van der Waals surface area contributed by atoms with Crippen LogP contribution >= 0.6 is 0 Å². The molecular formula is C13H16O4. The summed E-state index contributed by atoms with van der Waals surface area (Å²) >= 11 is 0. The van der Waals surface area contributed by atoms with Gasteiger partial charge < -0.3 is 14.6 Å². The maximum atomic E-state index is 10.7. The predicted molar refractivity (Wildman–Crippen MR) is 63.8 cm³/mol. The zero-order valence-electron chi connectivity index (χ0n) is 10.2. The topological polar surface area (TPSA) is 55.8 Å². The van der Waals surface area contributed by atoms with E-state index in [0.29, 0.717) is 5.75 Å². The molecule has 0 aliphatic carbocycles. The van der Waals surface area contributed by atoms with Gasteiger partial charge in [-0.15, -0.1) is 0 Å². The molecule has 0 atom stereocenters. The highest BCUT2D eigenvalue weighted by molar-refractivity contribution is 5.66. The van der Waals surface area contributed by atoms with Gasteiger partial charge in [0.15, 0.2) is 0 Å². The number of carbonyl (C=O) groups excluding carboxylic acids is 1. The van der Waals surface area contributed by atoms with Gasteiger partial charge in [0.1, 0.15) is 12.4 Å². The number of aryl methyl sites for hydroxylation is 2. The standard InChI is InChI=1S/C13H16O4/c1-8-5-12(7-16-10(3)14)6-9(2)13(8)17-11(4)15/h5-6,15H,4,7H2,1-3H3. The fourth-order valence-corrected chi connectivity index (χ4v) is 1.59. The second-order valence-electron chi connectivity index (χ2n) is 3.83. The Morgan fingerprint density at radius 3 is 2.29 bits per heavy atom. The van der Waals surface area contributed by atoms with Gasteiger partial charge in [0, 0.05) is 6.92 Å². The minimum Gasteiger partial charge on any atom is -0.481 e. The molecular weight excluding hydrogens is 220 g/mol. The van der Waals surface area contributed by atoms with Crippen LogP contribution in [-0.2, 0) is 16.1 Å². The number of aliphatic hydroxyl groups excluding tert-OH is 1. The van der Waals surface area contributed by atoms with Gasteiger partial charge >= 0.3 is 5.97 Å². The first kappa shape index (κ1) is 13.1. The lowest BCUT2D eigenvalue weighted by molar-refractivity contribution is -0.142. The Labute approximate surface area is 100 Å². The van der Waals surface area contributed by atoms with Crippen molar-refractivity contribution in [3.8, 4) is 5.75 Å². The third kappa shape index (κ3) is 3.83. The van der Waals surface area contributed by atoms with Gasteiger partial charge in [-0.05, 0) is 49.2 Å². The zero-order valence-corrected chi connectivity index (χ0v) is 10.2. The van der Waals surface area contributed by atoms with Crippen LogP contribution in [0.25, 0.3) is 0 Å². The highest BCUT2D eigenvalue weighted by Gasteiger charge is 2.08. The Hall–Kier alpha value is -1.97. The molecule has 0 heterocycles. The normalized spacial score (nSPS) is 9.82. The summed E-state index contributed by atoms with van der Waals surface area (Å²) in [6, 6.07) is 3.68. The van der Waals surface area contributed by atoms with Gasteiger partial charge in [0.05, 0.1) is 0 Å². The largest absolute Gasteiger partial charge is 0.481 e. The smallest absolute Gasteiger partial charge is 0.302 e. The van der Waals surface area contributed by atoms with E-state index < -0.39 is 0 Å². The molecule has 0 radical (unpaired) electrons. The van der Waals surface area contributed by atoms with E-state index in [1.165, 1.54) is 6.92 Å². The lowest BCUT2D eigenvalue weighted by atomic mass is 10.1. The van der Waals surface area contributed by atoms with Crippen molar-refractivity contribution in [3.05, 3.63) is 41.3 Å². The molecule has 4 heteroatoms. The Balaban J connectivity index is 2.92. The summed E-state index contributed by atoms with van der Waals surface area (Å²) in [7, 11) is 0. The molecule has 1 N–H and O–H groups in total. The van der Waals surface area contributed by atoms with Crippen molar-refractivity contribution in [1.82, 2.24) is 0 Å². The molecule has 0 fully saturated rings. The van der Waals surface area contributed by atoms with Gasteiger partial charge in [-0.2, -0.15) is 0 Å². The SMILES string of the molecule is C=C(O)Oc1c(C)cc(COC(C)=O)cc1C. The van der Waals surface area contributed by atoms with Crippen molar-refractivity contribution in [1.29, 1.82) is 0 Å². The van der Waals surface area contributed by atoms with E-state index in [2.05, 4.69) is 6.58 Å². The van der Waals surface area contributed by atoms with E-state index in [1.54, 1.807) is 0 Å². The quantitative estimate of drug-likeness (QED) is 0.645. The van der Waals surface area contributed by atoms with Gasteiger partial charge in [0.25, 0.3) is 5.95 Å². The number of carbonyl (C=O) groups is 1. The first-order valence-corrected chi connectivity index (χ1v) is 5.19. The number of hydrogen-bond donors (Lipinski definition) is 1. The molecule has 0 amide bonds. The first-order valence-electron chi connectivity index (χ1n) is 5.19. The van der Waals surface area contributed by atoms with Crippen molar-refractivity contribution in [2.45, 2.75) is 27.4 Å². The molecule has 1 aromatic rings. The summed E-state index contributed by atoms with van der Waals surface area (Å²) in [5.74, 6) is -0.0858. The molecule has 0 saturated carbocycles. The van der Waals surface area contributed by atoms with Crippen molar-refractivity contribution in [2.24, 2.45) is 0 Å². The molecule has 0 spiro atoms. The molecule has 0 bridgehead atoms. The predicted octanol–water partition coefficient (Wildman–Crippen LogP) is 2.77. The highest BCUT2D eigenvalue weighted by Crippen LogP contribution is 2.26. The van der Waals surface area contributed by atoms with E-state index in [-0.39, 0.29) is 18.5 Å². The number of ether oxygens (including phenoxy) is 2. The molecule has 0 aliphatic heterocycles. The third-order valence-electron chi connectivity index (χ3n) is 2.18.